The molecule has 36 heavy (non-hydrogen) atoms. The number of nitrogens with one attached hydrogen (secondary N) is 2. The average Bonchev–Trinajstić information content (AvgIpc) is 3.50. The maximum Gasteiger partial charge on any atom is 0.254 e. The van der Waals surface area contributed by atoms with Gasteiger partial charge in [0.05, 0.1) is 46.7 Å². The number of nitrogens with zero attached hydrogens (tertiary/aromatic N) is 5. The van der Waals surface area contributed by atoms with Crippen LogP contribution in [0.4, 0.5) is 21.6 Å². The van der Waals surface area contributed by atoms with Gasteiger partial charge in [-0.1, -0.05) is 6.07 Å². The monoisotopic (exact) mass is 483 g/mol. The van der Waals surface area contributed by atoms with Crippen molar-refractivity contribution >= 4 is 28.7 Å². The molecular weight excluding hydrogens is 461 g/mol. The van der Waals surface area contributed by atoms with Crippen LogP contribution >= 0.6 is 0 Å². The number of pyridine rings is 2. The number of carbonyl (C=O) groups excluding carboxylic acids is 1. The topological polar surface area (TPSA) is 119 Å². The molecule has 9 nitrogen and oxygen atoms in total. The van der Waals surface area contributed by atoms with Crippen LogP contribution < -0.4 is 15.5 Å². The van der Waals surface area contributed by atoms with E-state index in [2.05, 4.69) is 25.5 Å². The Morgan fingerprint density at radius 2 is 1.97 bits per heavy atom. The predicted molar refractivity (Wildman–Crippen MR) is 131 cm³/mol. The van der Waals surface area contributed by atoms with E-state index in [-0.39, 0.29) is 23.2 Å². The van der Waals surface area contributed by atoms with E-state index in [1.54, 1.807) is 29.1 Å². The fourth-order valence-electron chi connectivity index (χ4n) is 4.90. The zero-order valence-corrected chi connectivity index (χ0v) is 19.2. The van der Waals surface area contributed by atoms with Gasteiger partial charge in [0.15, 0.2) is 11.5 Å². The summed E-state index contributed by atoms with van der Waals surface area (Å²) in [6.07, 6.45) is 6.19. The Morgan fingerprint density at radius 1 is 1.14 bits per heavy atom. The first-order valence-electron chi connectivity index (χ1n) is 11.7. The molecule has 0 spiro atoms. The minimum atomic E-state index is -0.675. The Balaban J connectivity index is 1.32. The minimum absolute atomic E-state index is 0.0600. The number of rotatable bonds is 4. The number of anilines is 3. The molecule has 3 aromatic heterocycles. The summed E-state index contributed by atoms with van der Waals surface area (Å²) >= 11 is 0. The number of fused-ring (bicyclic) bond motifs is 2. The molecule has 10 heteroatoms. The van der Waals surface area contributed by atoms with Crippen LogP contribution in [0.15, 0.2) is 48.9 Å². The average molecular weight is 484 g/mol. The van der Waals surface area contributed by atoms with Crippen LogP contribution in [-0.2, 0) is 6.54 Å². The highest BCUT2D eigenvalue weighted by Crippen LogP contribution is 2.36. The second-order valence-corrected chi connectivity index (χ2v) is 8.93. The summed E-state index contributed by atoms with van der Waals surface area (Å²) < 4.78 is 16.2. The zero-order chi connectivity index (χ0) is 24.8. The minimum Gasteiger partial charge on any atom is -0.393 e. The van der Waals surface area contributed by atoms with E-state index in [4.69, 9.17) is 5.26 Å². The molecule has 0 atom stereocenters. The summed E-state index contributed by atoms with van der Waals surface area (Å²) in [5.41, 5.74) is 4.26. The molecule has 4 aromatic rings. The Hall–Kier alpha value is -4.49. The Bertz CT molecular complexity index is 1530. The standard InChI is InChI=1S/C26H22FN7O2/c27-24-15(11-28)5-10-34-21(14-30-25(24)34)18-2-3-20(23-19(18)13-31-26(23)36)32-22-4-1-16(12-29-22)33-8-6-17(35)7-9-33/h1-5,10,12,14,17,35H,6-9,13H2,(H,29,32)(H,31,36). The van der Waals surface area contributed by atoms with Gasteiger partial charge in [-0.3, -0.25) is 9.20 Å². The molecule has 1 aromatic carbocycles. The highest BCUT2D eigenvalue weighted by molar-refractivity contribution is 6.06. The summed E-state index contributed by atoms with van der Waals surface area (Å²) in [6, 6.07) is 10.8. The number of aromatic nitrogens is 3. The maximum absolute atomic E-state index is 14.6. The molecule has 0 bridgehead atoms. The van der Waals surface area contributed by atoms with Crippen molar-refractivity contribution in [2.24, 2.45) is 0 Å². The molecule has 0 aliphatic carbocycles. The third-order valence-corrected chi connectivity index (χ3v) is 6.82. The van der Waals surface area contributed by atoms with Crippen molar-refractivity contribution in [2.45, 2.75) is 25.5 Å². The SMILES string of the molecule is N#Cc1ccn2c(-c3ccc(Nc4ccc(N5CCC(O)CC5)cn4)c4c3CNC4=O)cnc2c1F. The van der Waals surface area contributed by atoms with E-state index in [1.807, 2.05) is 24.3 Å². The number of aliphatic hydroxyl groups is 1. The summed E-state index contributed by atoms with van der Waals surface area (Å²) in [7, 11) is 0. The quantitative estimate of drug-likeness (QED) is 0.407. The normalized spacial score (nSPS) is 15.6. The molecule has 5 heterocycles. The molecule has 2 aliphatic heterocycles. The van der Waals surface area contributed by atoms with Crippen LogP contribution in [-0.4, -0.2) is 44.6 Å². The van der Waals surface area contributed by atoms with Crippen molar-refractivity contribution in [3.05, 3.63) is 71.4 Å². The zero-order valence-electron chi connectivity index (χ0n) is 19.2. The van der Waals surface area contributed by atoms with Gasteiger partial charge in [-0.2, -0.15) is 5.26 Å². The first kappa shape index (κ1) is 22.0. The lowest BCUT2D eigenvalue weighted by molar-refractivity contribution is 0.0966. The van der Waals surface area contributed by atoms with E-state index in [0.29, 0.717) is 29.3 Å². The third-order valence-electron chi connectivity index (χ3n) is 6.82. The fraction of sp³-hybridized carbons (Fsp3) is 0.231. The van der Waals surface area contributed by atoms with Crippen molar-refractivity contribution in [3.63, 3.8) is 0 Å². The van der Waals surface area contributed by atoms with Gasteiger partial charge in [0.1, 0.15) is 11.9 Å². The van der Waals surface area contributed by atoms with Gasteiger partial charge in [-0.05, 0) is 42.7 Å². The van der Waals surface area contributed by atoms with Crippen molar-refractivity contribution < 1.29 is 14.3 Å². The van der Waals surface area contributed by atoms with Gasteiger partial charge < -0.3 is 20.6 Å². The van der Waals surface area contributed by atoms with Crippen molar-refractivity contribution in [3.8, 4) is 17.3 Å². The van der Waals surface area contributed by atoms with E-state index in [0.717, 1.165) is 42.7 Å². The Morgan fingerprint density at radius 3 is 2.72 bits per heavy atom. The third kappa shape index (κ3) is 3.61. The number of nitriles is 1. The maximum atomic E-state index is 14.6. The number of amides is 1. The van der Waals surface area contributed by atoms with Crippen molar-refractivity contribution in [2.75, 3.05) is 23.3 Å². The molecule has 1 saturated heterocycles. The largest absolute Gasteiger partial charge is 0.393 e. The Kier molecular flexibility index (Phi) is 5.27. The molecule has 0 unspecified atom stereocenters. The fourth-order valence-corrected chi connectivity index (χ4v) is 4.90. The van der Waals surface area contributed by atoms with Gasteiger partial charge in [0.25, 0.3) is 5.91 Å². The molecule has 2 aliphatic rings. The number of benzene rings is 1. The molecule has 3 N–H and O–H groups in total. The lowest BCUT2D eigenvalue weighted by Gasteiger charge is -2.31. The number of hydrogen-bond donors (Lipinski definition) is 3. The van der Waals surface area contributed by atoms with Crippen LogP contribution in [0.3, 0.4) is 0 Å². The molecule has 0 radical (unpaired) electrons. The lowest BCUT2D eigenvalue weighted by Crippen LogP contribution is -2.35. The molecule has 1 amide bonds. The number of halogens is 1. The number of hydrogen-bond acceptors (Lipinski definition) is 7. The van der Waals surface area contributed by atoms with Crippen LogP contribution in [0.5, 0.6) is 0 Å². The highest BCUT2D eigenvalue weighted by Gasteiger charge is 2.28. The predicted octanol–water partition coefficient (Wildman–Crippen LogP) is 3.36. The highest BCUT2D eigenvalue weighted by atomic mass is 19.1. The number of aliphatic hydroxyl groups excluding tert-OH is 1. The lowest BCUT2D eigenvalue weighted by atomic mass is 9.99. The summed E-state index contributed by atoms with van der Waals surface area (Å²) in [5, 5.41) is 25.0. The molecule has 1 fully saturated rings. The van der Waals surface area contributed by atoms with Crippen molar-refractivity contribution in [1.29, 1.82) is 5.26 Å². The van der Waals surface area contributed by atoms with Gasteiger partial charge in [-0.25, -0.2) is 14.4 Å². The first-order chi connectivity index (χ1) is 17.5. The summed E-state index contributed by atoms with van der Waals surface area (Å²) in [4.78, 5) is 23.7. The number of imidazole rings is 1. The van der Waals surface area contributed by atoms with Gasteiger partial charge in [0.2, 0.25) is 0 Å². The van der Waals surface area contributed by atoms with Crippen LogP contribution in [0.25, 0.3) is 16.9 Å². The van der Waals surface area contributed by atoms with E-state index < -0.39 is 5.82 Å². The van der Waals surface area contributed by atoms with E-state index >= 15 is 0 Å². The second kappa shape index (κ2) is 8.62. The van der Waals surface area contributed by atoms with Crippen LogP contribution in [0, 0.1) is 17.1 Å². The van der Waals surface area contributed by atoms with Crippen LogP contribution in [0.2, 0.25) is 0 Å². The molecule has 180 valence electrons. The first-order valence-corrected chi connectivity index (χ1v) is 11.7. The van der Waals surface area contributed by atoms with E-state index in [1.165, 1.54) is 6.07 Å². The number of piperidine rings is 1. The van der Waals surface area contributed by atoms with Gasteiger partial charge in [0, 0.05) is 31.4 Å². The van der Waals surface area contributed by atoms with Gasteiger partial charge >= 0.3 is 0 Å². The molecular formula is C26H22FN7O2. The van der Waals surface area contributed by atoms with Crippen molar-refractivity contribution in [1.82, 2.24) is 19.7 Å². The number of carbonyl (C=O) groups is 1. The summed E-state index contributed by atoms with van der Waals surface area (Å²) in [5.74, 6) is -0.276. The van der Waals surface area contributed by atoms with Gasteiger partial charge in [-0.15, -0.1) is 0 Å². The van der Waals surface area contributed by atoms with Crippen LogP contribution in [0.1, 0.15) is 34.3 Å². The molecule has 0 saturated carbocycles. The molecule has 6 rings (SSSR count). The Labute approximate surface area is 205 Å². The summed E-state index contributed by atoms with van der Waals surface area (Å²) in [6.45, 7) is 1.91. The second-order valence-electron chi connectivity index (χ2n) is 8.93. The van der Waals surface area contributed by atoms with E-state index in [9.17, 15) is 14.3 Å². The smallest absolute Gasteiger partial charge is 0.254 e.